The van der Waals surface area contributed by atoms with E-state index in [0.717, 1.165) is 0 Å². The summed E-state index contributed by atoms with van der Waals surface area (Å²) in [6.07, 6.45) is 1.17. The maximum Gasteiger partial charge on any atom is 0.0486 e. The quantitative estimate of drug-likeness (QED) is 0.647. The first-order valence-corrected chi connectivity index (χ1v) is 4.81. The third-order valence-corrected chi connectivity index (χ3v) is 3.64. The zero-order valence-corrected chi connectivity index (χ0v) is 7.71. The molecule has 1 aromatic heterocycles. The molecule has 0 nitrogen and oxygen atoms in total. The molecule has 0 aliphatic rings. The van der Waals surface area contributed by atoms with Crippen LogP contribution in [0.4, 0.5) is 0 Å². The molecule has 0 radical (unpaired) electrons. The molecule has 0 N–H and O–H groups in total. The molecule has 0 bridgehead atoms. The minimum absolute atomic E-state index is 0.567. The number of hydrogen-bond donors (Lipinski definition) is 0. The summed E-state index contributed by atoms with van der Waals surface area (Å²) in [6.45, 7) is 2.18. The lowest BCUT2D eigenvalue weighted by Gasteiger charge is -1.99. The molecule has 1 aromatic rings. The molecule has 1 unspecified atom stereocenters. The molecule has 1 atom stereocenters. The second-order valence-electron chi connectivity index (χ2n) is 1.89. The Balaban J connectivity index is 2.65. The van der Waals surface area contributed by atoms with Crippen LogP contribution in [0.2, 0.25) is 0 Å². The maximum atomic E-state index is 3.57. The molecule has 2 heteroatoms. The van der Waals surface area contributed by atoms with Gasteiger partial charge in [-0.05, 0) is 17.9 Å². The van der Waals surface area contributed by atoms with Gasteiger partial charge in [-0.15, -0.1) is 11.3 Å². The van der Waals surface area contributed by atoms with E-state index in [0.29, 0.717) is 4.83 Å². The van der Waals surface area contributed by atoms with E-state index in [2.05, 4.69) is 40.4 Å². The highest BCUT2D eigenvalue weighted by Gasteiger charge is 2.03. The Kier molecular flexibility index (Phi) is 2.73. The van der Waals surface area contributed by atoms with Gasteiger partial charge >= 0.3 is 0 Å². The lowest BCUT2D eigenvalue weighted by atomic mass is 10.3. The summed E-state index contributed by atoms with van der Waals surface area (Å²) in [5, 5.41) is 2.11. The van der Waals surface area contributed by atoms with Gasteiger partial charge in [-0.1, -0.05) is 28.9 Å². The molecule has 1 heterocycles. The first-order chi connectivity index (χ1) is 4.34. The lowest BCUT2D eigenvalue weighted by Crippen LogP contribution is -1.79. The largest absolute Gasteiger partial charge is 0.148 e. The van der Waals surface area contributed by atoms with Gasteiger partial charge in [0.2, 0.25) is 0 Å². The average Bonchev–Trinajstić information content (AvgIpc) is 2.37. The van der Waals surface area contributed by atoms with E-state index in [4.69, 9.17) is 0 Å². The number of hydrogen-bond acceptors (Lipinski definition) is 1. The van der Waals surface area contributed by atoms with E-state index in [1.54, 1.807) is 0 Å². The fourth-order valence-corrected chi connectivity index (χ4v) is 1.93. The van der Waals surface area contributed by atoms with Crippen LogP contribution in [-0.2, 0) is 0 Å². The van der Waals surface area contributed by atoms with Crippen molar-refractivity contribution in [1.82, 2.24) is 0 Å². The van der Waals surface area contributed by atoms with Crippen LogP contribution >= 0.6 is 27.3 Å². The van der Waals surface area contributed by atoms with E-state index in [9.17, 15) is 0 Å². The zero-order chi connectivity index (χ0) is 6.69. The summed E-state index contributed by atoms with van der Waals surface area (Å²) in [7, 11) is 0. The summed E-state index contributed by atoms with van der Waals surface area (Å²) in [6, 6.07) is 4.25. The maximum absolute atomic E-state index is 3.57. The Morgan fingerprint density at radius 3 is 3.00 bits per heavy atom. The Bertz CT molecular complexity index is 157. The SMILES string of the molecule is CCC(Br)c1cccs1. The topological polar surface area (TPSA) is 0 Å². The van der Waals surface area contributed by atoms with Crippen LogP contribution in [-0.4, -0.2) is 0 Å². The van der Waals surface area contributed by atoms with Gasteiger partial charge in [0.15, 0.2) is 0 Å². The molecule has 0 amide bonds. The van der Waals surface area contributed by atoms with E-state index in [-0.39, 0.29) is 0 Å². The molecular weight excluding hydrogens is 196 g/mol. The Labute approximate surface area is 68.0 Å². The van der Waals surface area contributed by atoms with Crippen LogP contribution in [0.3, 0.4) is 0 Å². The molecule has 0 aliphatic heterocycles. The summed E-state index contributed by atoms with van der Waals surface area (Å²) < 4.78 is 0. The second kappa shape index (κ2) is 3.37. The van der Waals surface area contributed by atoms with Gasteiger partial charge in [0.25, 0.3) is 0 Å². The van der Waals surface area contributed by atoms with Crippen molar-refractivity contribution in [3.05, 3.63) is 22.4 Å². The van der Waals surface area contributed by atoms with Crippen LogP contribution < -0.4 is 0 Å². The summed E-state index contributed by atoms with van der Waals surface area (Å²) in [5.74, 6) is 0. The fraction of sp³-hybridized carbons (Fsp3) is 0.429. The van der Waals surface area contributed by atoms with Crippen molar-refractivity contribution in [3.8, 4) is 0 Å². The molecular formula is C7H9BrS. The number of thiophene rings is 1. The van der Waals surface area contributed by atoms with Gasteiger partial charge in [-0.2, -0.15) is 0 Å². The number of alkyl halides is 1. The Morgan fingerprint density at radius 2 is 2.56 bits per heavy atom. The van der Waals surface area contributed by atoms with Crippen LogP contribution in [0, 0.1) is 0 Å². The smallest absolute Gasteiger partial charge is 0.0486 e. The molecule has 0 saturated carbocycles. The van der Waals surface area contributed by atoms with Crippen LogP contribution in [0.1, 0.15) is 23.0 Å². The van der Waals surface area contributed by atoms with Gasteiger partial charge in [0, 0.05) is 9.70 Å². The highest BCUT2D eigenvalue weighted by atomic mass is 79.9. The minimum Gasteiger partial charge on any atom is -0.148 e. The highest BCUT2D eigenvalue weighted by Crippen LogP contribution is 2.29. The molecule has 0 fully saturated rings. The summed E-state index contributed by atoms with van der Waals surface area (Å²) >= 11 is 5.38. The number of halogens is 1. The van der Waals surface area contributed by atoms with Crippen LogP contribution in [0.25, 0.3) is 0 Å². The molecule has 0 aromatic carbocycles. The third kappa shape index (κ3) is 1.80. The van der Waals surface area contributed by atoms with Gasteiger partial charge in [0.1, 0.15) is 0 Å². The Hall–Kier alpha value is 0.180. The normalized spacial score (nSPS) is 13.6. The molecule has 0 saturated heterocycles. The minimum atomic E-state index is 0.567. The second-order valence-corrected chi connectivity index (χ2v) is 3.98. The van der Waals surface area contributed by atoms with Crippen LogP contribution in [0.15, 0.2) is 17.5 Å². The predicted octanol–water partition coefficient (Wildman–Crippen LogP) is 3.59. The van der Waals surface area contributed by atoms with E-state index in [1.165, 1.54) is 11.3 Å². The first-order valence-electron chi connectivity index (χ1n) is 3.02. The average molecular weight is 205 g/mol. The Morgan fingerprint density at radius 1 is 1.78 bits per heavy atom. The fourth-order valence-electron chi connectivity index (χ4n) is 0.671. The zero-order valence-electron chi connectivity index (χ0n) is 5.30. The molecule has 1 rings (SSSR count). The predicted molar refractivity (Wildman–Crippen MR) is 46.3 cm³/mol. The van der Waals surface area contributed by atoms with Crippen molar-refractivity contribution in [2.45, 2.75) is 18.2 Å². The van der Waals surface area contributed by atoms with E-state index < -0.39 is 0 Å². The lowest BCUT2D eigenvalue weighted by molar-refractivity contribution is 0.929. The van der Waals surface area contributed by atoms with E-state index >= 15 is 0 Å². The van der Waals surface area contributed by atoms with Crippen molar-refractivity contribution in [3.63, 3.8) is 0 Å². The molecule has 50 valence electrons. The molecule has 0 aliphatic carbocycles. The highest BCUT2D eigenvalue weighted by molar-refractivity contribution is 9.09. The summed E-state index contributed by atoms with van der Waals surface area (Å²) in [5.41, 5.74) is 0. The van der Waals surface area contributed by atoms with Crippen molar-refractivity contribution in [2.24, 2.45) is 0 Å². The standard InChI is InChI=1S/C7H9BrS/c1-2-6(8)7-4-3-5-9-7/h3-6H,2H2,1H3. The van der Waals surface area contributed by atoms with Crippen molar-refractivity contribution in [1.29, 1.82) is 0 Å². The van der Waals surface area contributed by atoms with Crippen LogP contribution in [0.5, 0.6) is 0 Å². The molecule has 9 heavy (non-hydrogen) atoms. The van der Waals surface area contributed by atoms with Crippen molar-refractivity contribution < 1.29 is 0 Å². The van der Waals surface area contributed by atoms with E-state index in [1.807, 2.05) is 11.3 Å². The number of rotatable bonds is 2. The van der Waals surface area contributed by atoms with Gasteiger partial charge < -0.3 is 0 Å². The van der Waals surface area contributed by atoms with Crippen molar-refractivity contribution in [2.75, 3.05) is 0 Å². The first kappa shape index (κ1) is 7.29. The third-order valence-electron chi connectivity index (χ3n) is 1.21. The molecule has 0 spiro atoms. The monoisotopic (exact) mass is 204 g/mol. The van der Waals surface area contributed by atoms with Gasteiger partial charge in [-0.25, -0.2) is 0 Å². The van der Waals surface area contributed by atoms with Gasteiger partial charge in [-0.3, -0.25) is 0 Å². The van der Waals surface area contributed by atoms with Crippen molar-refractivity contribution >= 4 is 27.3 Å². The summed E-state index contributed by atoms with van der Waals surface area (Å²) in [4.78, 5) is 2.00. The van der Waals surface area contributed by atoms with Gasteiger partial charge in [0.05, 0.1) is 0 Å².